The van der Waals surface area contributed by atoms with E-state index in [9.17, 15) is 0 Å². The number of unbranched alkanes of at least 4 members (excludes halogenated alkanes) is 2. The Bertz CT molecular complexity index is 217. The lowest BCUT2D eigenvalue weighted by atomic mass is 9.72. The van der Waals surface area contributed by atoms with Gasteiger partial charge < -0.3 is 5.73 Å². The zero-order valence-electron chi connectivity index (χ0n) is 13.0. The molecule has 0 bridgehead atoms. The molecular weight excluding hydrogens is 220 g/mol. The van der Waals surface area contributed by atoms with Gasteiger partial charge in [0.15, 0.2) is 0 Å². The van der Waals surface area contributed by atoms with Crippen LogP contribution in [0.1, 0.15) is 72.6 Å². The summed E-state index contributed by atoms with van der Waals surface area (Å²) in [5.41, 5.74) is 6.89. The smallest absolute Gasteiger partial charge is 0.0252 e. The minimum absolute atomic E-state index is 0.395. The van der Waals surface area contributed by atoms with Crippen LogP contribution in [0.4, 0.5) is 0 Å². The van der Waals surface area contributed by atoms with Crippen molar-refractivity contribution in [2.75, 3.05) is 13.1 Å². The molecule has 1 fully saturated rings. The predicted molar refractivity (Wildman–Crippen MR) is 80.8 cm³/mol. The maximum atomic E-state index is 6.40. The molecule has 2 atom stereocenters. The Morgan fingerprint density at radius 1 is 1.11 bits per heavy atom. The van der Waals surface area contributed by atoms with Gasteiger partial charge in [0.05, 0.1) is 0 Å². The lowest BCUT2D eigenvalue weighted by Crippen LogP contribution is -2.53. The van der Waals surface area contributed by atoms with Gasteiger partial charge in [-0.3, -0.25) is 4.90 Å². The van der Waals surface area contributed by atoms with Crippen LogP contribution >= 0.6 is 0 Å². The van der Waals surface area contributed by atoms with Crippen molar-refractivity contribution < 1.29 is 0 Å². The van der Waals surface area contributed by atoms with Crippen LogP contribution in [0.25, 0.3) is 0 Å². The van der Waals surface area contributed by atoms with E-state index in [0.29, 0.717) is 17.5 Å². The highest BCUT2D eigenvalue weighted by Gasteiger charge is 2.35. The molecule has 0 aromatic rings. The average molecular weight is 254 g/mol. The summed E-state index contributed by atoms with van der Waals surface area (Å²) in [6.45, 7) is 11.9. The van der Waals surface area contributed by atoms with Crippen molar-refractivity contribution in [2.24, 2.45) is 11.1 Å². The molecule has 0 saturated heterocycles. The van der Waals surface area contributed by atoms with Gasteiger partial charge in [0.2, 0.25) is 0 Å². The minimum Gasteiger partial charge on any atom is -0.326 e. The molecule has 1 aliphatic rings. The highest BCUT2D eigenvalue weighted by Crippen LogP contribution is 2.37. The molecule has 0 aromatic heterocycles. The van der Waals surface area contributed by atoms with E-state index in [0.717, 1.165) is 0 Å². The summed E-state index contributed by atoms with van der Waals surface area (Å²) < 4.78 is 0. The first kappa shape index (κ1) is 16.0. The minimum atomic E-state index is 0.395. The normalized spacial score (nSPS) is 27.7. The van der Waals surface area contributed by atoms with Gasteiger partial charge in [-0.2, -0.15) is 0 Å². The van der Waals surface area contributed by atoms with E-state index in [1.54, 1.807) is 0 Å². The molecule has 18 heavy (non-hydrogen) atoms. The summed E-state index contributed by atoms with van der Waals surface area (Å²) in [4.78, 5) is 2.69. The van der Waals surface area contributed by atoms with Crippen molar-refractivity contribution in [3.05, 3.63) is 0 Å². The monoisotopic (exact) mass is 254 g/mol. The standard InChI is InChI=1S/C16H34N2/c1-5-7-11-18(12-8-6-2)15-13-16(3,4)10-9-14(15)17/h14-15H,5-13,17H2,1-4H3. The van der Waals surface area contributed by atoms with Gasteiger partial charge in [0.1, 0.15) is 0 Å². The Labute approximate surface area is 114 Å². The zero-order valence-corrected chi connectivity index (χ0v) is 13.0. The lowest BCUT2D eigenvalue weighted by Gasteiger charge is -2.45. The first-order valence-corrected chi connectivity index (χ1v) is 8.00. The van der Waals surface area contributed by atoms with Gasteiger partial charge in [0, 0.05) is 12.1 Å². The largest absolute Gasteiger partial charge is 0.326 e. The van der Waals surface area contributed by atoms with Crippen molar-refractivity contribution in [3.8, 4) is 0 Å². The van der Waals surface area contributed by atoms with Crippen LogP contribution in [0.5, 0.6) is 0 Å². The molecule has 1 rings (SSSR count). The number of nitrogens with zero attached hydrogens (tertiary/aromatic N) is 1. The third kappa shape index (κ3) is 4.89. The van der Waals surface area contributed by atoms with E-state index in [-0.39, 0.29) is 0 Å². The van der Waals surface area contributed by atoms with Crippen LogP contribution in [-0.4, -0.2) is 30.1 Å². The molecule has 108 valence electrons. The molecule has 2 N–H and O–H groups in total. The Morgan fingerprint density at radius 2 is 1.67 bits per heavy atom. The Morgan fingerprint density at radius 3 is 2.17 bits per heavy atom. The van der Waals surface area contributed by atoms with Gasteiger partial charge in [-0.25, -0.2) is 0 Å². The molecule has 2 unspecified atom stereocenters. The van der Waals surface area contributed by atoms with Crippen molar-refractivity contribution in [1.82, 2.24) is 4.90 Å². The van der Waals surface area contributed by atoms with E-state index in [1.807, 2.05) is 0 Å². The quantitative estimate of drug-likeness (QED) is 0.749. The SMILES string of the molecule is CCCCN(CCCC)C1CC(C)(C)CCC1N. The first-order chi connectivity index (χ1) is 8.50. The number of hydrogen-bond donors (Lipinski definition) is 1. The van der Waals surface area contributed by atoms with Crippen molar-refractivity contribution in [3.63, 3.8) is 0 Å². The van der Waals surface area contributed by atoms with E-state index < -0.39 is 0 Å². The van der Waals surface area contributed by atoms with Crippen LogP contribution < -0.4 is 5.73 Å². The van der Waals surface area contributed by atoms with Crippen LogP contribution in [0.2, 0.25) is 0 Å². The van der Waals surface area contributed by atoms with E-state index in [2.05, 4.69) is 32.6 Å². The fraction of sp³-hybridized carbons (Fsp3) is 1.00. The van der Waals surface area contributed by atoms with Crippen LogP contribution in [-0.2, 0) is 0 Å². The van der Waals surface area contributed by atoms with E-state index >= 15 is 0 Å². The molecule has 0 aliphatic heterocycles. The summed E-state index contributed by atoms with van der Waals surface area (Å²) in [5, 5.41) is 0. The highest BCUT2D eigenvalue weighted by molar-refractivity contribution is 4.92. The average Bonchev–Trinajstić information content (AvgIpc) is 2.33. The van der Waals surface area contributed by atoms with Gasteiger partial charge >= 0.3 is 0 Å². The third-order valence-electron chi connectivity index (χ3n) is 4.48. The molecule has 2 nitrogen and oxygen atoms in total. The van der Waals surface area contributed by atoms with Crippen LogP contribution in [0.3, 0.4) is 0 Å². The molecule has 0 heterocycles. The third-order valence-corrected chi connectivity index (χ3v) is 4.48. The lowest BCUT2D eigenvalue weighted by molar-refractivity contribution is 0.0754. The molecular formula is C16H34N2. The topological polar surface area (TPSA) is 29.3 Å². The molecule has 0 radical (unpaired) electrons. The van der Waals surface area contributed by atoms with E-state index in [1.165, 1.54) is 58.0 Å². The van der Waals surface area contributed by atoms with Gasteiger partial charge in [0.25, 0.3) is 0 Å². The molecule has 0 amide bonds. The molecule has 1 aliphatic carbocycles. The summed E-state index contributed by atoms with van der Waals surface area (Å²) in [6.07, 6.45) is 8.97. The molecule has 0 aromatic carbocycles. The van der Waals surface area contributed by atoms with Gasteiger partial charge in [-0.1, -0.05) is 40.5 Å². The Balaban J connectivity index is 2.62. The first-order valence-electron chi connectivity index (χ1n) is 8.00. The maximum Gasteiger partial charge on any atom is 0.0252 e. The predicted octanol–water partition coefficient (Wildman–Crippen LogP) is 3.79. The van der Waals surface area contributed by atoms with Gasteiger partial charge in [-0.15, -0.1) is 0 Å². The highest BCUT2D eigenvalue weighted by atomic mass is 15.2. The number of rotatable bonds is 7. The Kier molecular flexibility index (Phi) is 6.65. The molecule has 2 heteroatoms. The fourth-order valence-electron chi connectivity index (χ4n) is 3.14. The summed E-state index contributed by atoms with van der Waals surface area (Å²) in [6, 6.07) is 1.01. The molecule has 1 saturated carbocycles. The van der Waals surface area contributed by atoms with E-state index in [4.69, 9.17) is 5.73 Å². The Hall–Kier alpha value is -0.0800. The zero-order chi connectivity index (χ0) is 13.6. The van der Waals surface area contributed by atoms with Crippen molar-refractivity contribution in [1.29, 1.82) is 0 Å². The fourth-order valence-corrected chi connectivity index (χ4v) is 3.14. The number of nitrogens with two attached hydrogens (primary N) is 1. The second-order valence-corrected chi connectivity index (χ2v) is 6.88. The summed E-state index contributed by atoms with van der Waals surface area (Å²) in [5.74, 6) is 0. The number of hydrogen-bond acceptors (Lipinski definition) is 2. The molecule has 0 spiro atoms. The maximum absolute atomic E-state index is 6.40. The summed E-state index contributed by atoms with van der Waals surface area (Å²) >= 11 is 0. The van der Waals surface area contributed by atoms with Crippen LogP contribution in [0.15, 0.2) is 0 Å². The van der Waals surface area contributed by atoms with Crippen molar-refractivity contribution >= 4 is 0 Å². The van der Waals surface area contributed by atoms with Crippen LogP contribution in [0, 0.1) is 5.41 Å². The second-order valence-electron chi connectivity index (χ2n) is 6.88. The van der Waals surface area contributed by atoms with Gasteiger partial charge in [-0.05, 0) is 50.6 Å². The summed E-state index contributed by atoms with van der Waals surface area (Å²) in [7, 11) is 0. The second kappa shape index (κ2) is 7.49. The van der Waals surface area contributed by atoms with Crippen molar-refractivity contribution in [2.45, 2.75) is 84.7 Å².